The first-order chi connectivity index (χ1) is 11.6. The molecule has 0 spiro atoms. The number of rotatable bonds is 4. The molecular formula is C16H15N3O4S. The topological polar surface area (TPSA) is 92.5 Å². The fraction of sp³-hybridized carbons (Fsp3) is 0.250. The summed E-state index contributed by atoms with van der Waals surface area (Å²) in [6, 6.07) is 8.74. The number of nitro benzene ring substituents is 1. The number of non-ortho nitro benzene ring substituents is 1. The third-order valence-corrected chi connectivity index (χ3v) is 4.73. The highest BCUT2D eigenvalue weighted by Crippen LogP contribution is 2.24. The van der Waals surface area contributed by atoms with E-state index in [4.69, 9.17) is 0 Å². The van der Waals surface area contributed by atoms with Gasteiger partial charge in [0.05, 0.1) is 9.80 Å². The zero-order chi connectivity index (χ0) is 17.1. The monoisotopic (exact) mass is 345 g/mol. The first kappa shape index (κ1) is 16.1. The Morgan fingerprint density at radius 2 is 2.12 bits per heavy atom. The molecule has 1 N–H and O–H groups in total. The van der Waals surface area contributed by atoms with E-state index in [1.165, 1.54) is 29.5 Å². The van der Waals surface area contributed by atoms with Gasteiger partial charge in [-0.2, -0.15) is 0 Å². The molecule has 3 rings (SSSR count). The first-order valence-electron chi connectivity index (χ1n) is 7.46. The summed E-state index contributed by atoms with van der Waals surface area (Å²) in [4.78, 5) is 37.5. The summed E-state index contributed by atoms with van der Waals surface area (Å²) in [5.74, 6) is -0.473. The van der Waals surface area contributed by atoms with Gasteiger partial charge >= 0.3 is 0 Å². The van der Waals surface area contributed by atoms with Gasteiger partial charge in [0.25, 0.3) is 11.6 Å². The largest absolute Gasteiger partial charge is 0.326 e. The van der Waals surface area contributed by atoms with E-state index in [9.17, 15) is 19.7 Å². The van der Waals surface area contributed by atoms with Crippen LogP contribution < -0.4 is 5.32 Å². The third kappa shape index (κ3) is 3.28. The molecule has 1 atom stereocenters. The van der Waals surface area contributed by atoms with Crippen molar-refractivity contribution < 1.29 is 14.5 Å². The number of nitrogens with zero attached hydrogens (tertiary/aromatic N) is 2. The number of hydrogen-bond donors (Lipinski definition) is 1. The average Bonchev–Trinajstić information content (AvgIpc) is 3.26. The smallest absolute Gasteiger partial charge is 0.271 e. The minimum atomic E-state index is -0.557. The lowest BCUT2D eigenvalue weighted by Gasteiger charge is -2.23. The van der Waals surface area contributed by atoms with Crippen molar-refractivity contribution in [1.82, 2.24) is 4.90 Å². The van der Waals surface area contributed by atoms with Gasteiger partial charge in [-0.25, -0.2) is 0 Å². The van der Waals surface area contributed by atoms with E-state index in [1.807, 2.05) is 5.38 Å². The van der Waals surface area contributed by atoms with E-state index in [-0.39, 0.29) is 17.5 Å². The van der Waals surface area contributed by atoms with Crippen LogP contribution in [0.25, 0.3) is 0 Å². The minimum Gasteiger partial charge on any atom is -0.326 e. The van der Waals surface area contributed by atoms with Crippen LogP contribution in [0.15, 0.2) is 41.8 Å². The molecule has 1 aliphatic heterocycles. The highest BCUT2D eigenvalue weighted by molar-refractivity contribution is 7.12. The summed E-state index contributed by atoms with van der Waals surface area (Å²) < 4.78 is 0. The number of amides is 2. The molecule has 1 aliphatic rings. The Labute approximate surface area is 142 Å². The Morgan fingerprint density at radius 1 is 1.29 bits per heavy atom. The molecule has 0 radical (unpaired) electrons. The summed E-state index contributed by atoms with van der Waals surface area (Å²) in [5, 5.41) is 15.3. The standard InChI is InChI=1S/C16H15N3O4S/c20-15(17-11-4-1-5-12(10-11)19(22)23)13-6-2-8-18(13)16(21)14-7-3-9-24-14/h1,3-5,7,9-10,13H,2,6,8H2,(H,17,20)/t13-/m0/s1. The molecule has 8 heteroatoms. The average molecular weight is 345 g/mol. The molecule has 0 bridgehead atoms. The van der Waals surface area contributed by atoms with Gasteiger partial charge in [0.2, 0.25) is 5.91 Å². The predicted octanol–water partition coefficient (Wildman–Crippen LogP) is 2.90. The highest BCUT2D eigenvalue weighted by atomic mass is 32.1. The number of nitro groups is 1. The van der Waals surface area contributed by atoms with Crippen LogP contribution in [0.5, 0.6) is 0 Å². The normalized spacial score (nSPS) is 16.8. The van der Waals surface area contributed by atoms with Crippen molar-refractivity contribution in [3.63, 3.8) is 0 Å². The highest BCUT2D eigenvalue weighted by Gasteiger charge is 2.35. The van der Waals surface area contributed by atoms with Crippen LogP contribution in [0.4, 0.5) is 11.4 Å². The van der Waals surface area contributed by atoms with Gasteiger partial charge < -0.3 is 10.2 Å². The van der Waals surface area contributed by atoms with Crippen molar-refractivity contribution in [2.75, 3.05) is 11.9 Å². The van der Waals surface area contributed by atoms with E-state index >= 15 is 0 Å². The van der Waals surface area contributed by atoms with E-state index in [0.717, 1.165) is 6.42 Å². The second kappa shape index (κ2) is 6.79. The predicted molar refractivity (Wildman–Crippen MR) is 90.1 cm³/mol. The maximum atomic E-state index is 12.5. The molecular weight excluding hydrogens is 330 g/mol. The zero-order valence-corrected chi connectivity index (χ0v) is 13.5. The second-order valence-corrected chi connectivity index (χ2v) is 6.38. The molecule has 0 unspecified atom stereocenters. The number of likely N-dealkylation sites (tertiary alicyclic amines) is 1. The van der Waals surface area contributed by atoms with Gasteiger partial charge in [-0.05, 0) is 30.4 Å². The lowest BCUT2D eigenvalue weighted by molar-refractivity contribution is -0.384. The van der Waals surface area contributed by atoms with E-state index in [1.54, 1.807) is 23.1 Å². The zero-order valence-electron chi connectivity index (χ0n) is 12.7. The van der Waals surface area contributed by atoms with Gasteiger partial charge in [-0.3, -0.25) is 19.7 Å². The summed E-state index contributed by atoms with van der Waals surface area (Å²) in [6.07, 6.45) is 1.34. The number of hydrogen-bond acceptors (Lipinski definition) is 5. The van der Waals surface area contributed by atoms with Crippen molar-refractivity contribution in [2.24, 2.45) is 0 Å². The Kier molecular flexibility index (Phi) is 4.57. The first-order valence-corrected chi connectivity index (χ1v) is 8.34. The van der Waals surface area contributed by atoms with Crippen LogP contribution in [-0.2, 0) is 4.79 Å². The number of carbonyl (C=O) groups excluding carboxylic acids is 2. The summed E-state index contributed by atoms with van der Waals surface area (Å²) in [5.41, 5.74) is 0.260. The van der Waals surface area contributed by atoms with E-state index < -0.39 is 11.0 Å². The summed E-state index contributed by atoms with van der Waals surface area (Å²) in [6.45, 7) is 0.532. The lowest BCUT2D eigenvalue weighted by atomic mass is 10.2. The maximum absolute atomic E-state index is 12.5. The summed E-state index contributed by atoms with van der Waals surface area (Å²) >= 11 is 1.34. The molecule has 2 heterocycles. The Balaban J connectivity index is 1.73. The lowest BCUT2D eigenvalue weighted by Crippen LogP contribution is -2.42. The van der Waals surface area contributed by atoms with Crippen LogP contribution in [0.1, 0.15) is 22.5 Å². The number of thiophene rings is 1. The fourth-order valence-corrected chi connectivity index (χ4v) is 3.43. The SMILES string of the molecule is O=C(Nc1cccc([N+](=O)[O-])c1)[C@@H]1CCCN1C(=O)c1cccs1. The fourth-order valence-electron chi connectivity index (χ4n) is 2.75. The van der Waals surface area contributed by atoms with Gasteiger partial charge in [0, 0.05) is 24.4 Å². The van der Waals surface area contributed by atoms with Crippen molar-refractivity contribution in [2.45, 2.75) is 18.9 Å². The molecule has 2 amide bonds. The quantitative estimate of drug-likeness (QED) is 0.681. The second-order valence-electron chi connectivity index (χ2n) is 5.43. The van der Waals surface area contributed by atoms with Gasteiger partial charge in [0.15, 0.2) is 0 Å². The summed E-state index contributed by atoms with van der Waals surface area (Å²) in [7, 11) is 0. The molecule has 0 saturated carbocycles. The molecule has 1 fully saturated rings. The number of benzene rings is 1. The maximum Gasteiger partial charge on any atom is 0.271 e. The van der Waals surface area contributed by atoms with Crippen molar-refractivity contribution in [3.05, 3.63) is 56.8 Å². The van der Waals surface area contributed by atoms with Crippen LogP contribution >= 0.6 is 11.3 Å². The molecule has 0 aliphatic carbocycles. The van der Waals surface area contributed by atoms with Crippen molar-refractivity contribution >= 4 is 34.5 Å². The Morgan fingerprint density at radius 3 is 2.83 bits per heavy atom. The Bertz CT molecular complexity index is 775. The van der Waals surface area contributed by atoms with Gasteiger partial charge in [-0.15, -0.1) is 11.3 Å². The molecule has 2 aromatic rings. The minimum absolute atomic E-state index is 0.0919. The van der Waals surface area contributed by atoms with E-state index in [0.29, 0.717) is 23.5 Å². The molecule has 1 aromatic carbocycles. The number of nitrogens with one attached hydrogen (secondary N) is 1. The van der Waals surface area contributed by atoms with Crippen LogP contribution in [0.3, 0.4) is 0 Å². The van der Waals surface area contributed by atoms with Gasteiger partial charge in [-0.1, -0.05) is 12.1 Å². The Hall–Kier alpha value is -2.74. The third-order valence-electron chi connectivity index (χ3n) is 3.87. The van der Waals surface area contributed by atoms with Gasteiger partial charge in [0.1, 0.15) is 6.04 Å². The molecule has 124 valence electrons. The van der Waals surface area contributed by atoms with Crippen LogP contribution in [0.2, 0.25) is 0 Å². The van der Waals surface area contributed by atoms with Crippen LogP contribution in [0, 0.1) is 10.1 Å². The molecule has 1 saturated heterocycles. The molecule has 7 nitrogen and oxygen atoms in total. The molecule has 1 aromatic heterocycles. The van der Waals surface area contributed by atoms with E-state index in [2.05, 4.69) is 5.32 Å². The number of carbonyl (C=O) groups is 2. The molecule has 24 heavy (non-hydrogen) atoms. The van der Waals surface area contributed by atoms with Crippen LogP contribution in [-0.4, -0.2) is 34.2 Å². The van der Waals surface area contributed by atoms with Crippen molar-refractivity contribution in [3.8, 4) is 0 Å². The number of anilines is 1. The van der Waals surface area contributed by atoms with Crippen molar-refractivity contribution in [1.29, 1.82) is 0 Å².